The summed E-state index contributed by atoms with van der Waals surface area (Å²) in [7, 11) is -0.0599. The van der Waals surface area contributed by atoms with E-state index in [1.165, 1.54) is 105 Å². The second-order valence-electron chi connectivity index (χ2n) is 27.8. The molecule has 1 amide bonds. The standard InChI is InChI=1S/C74H110N7O14PSi/c1-14-15-16-17-18-19-20-21-22-23-24-25-26-27-31-46-78(51-61-67(94-96(91-49-32-45-75)81(53(2)3)54(4)5)68(89-11)70(92-61)80-48-44-64(83)77-72(80)86)65(84)50-60-62(93-69(79-47-43-63(82)76-71(79)85)66(60)95-97(12,13)73(6,7)8)52-90-74(55-33-29-28-30-34-55,56-35-39-58(87-9)40-36-56)57-37-41-59(88-10)42-38-57/h28-30,33-44,47-48,53-54,60-62,66-70H,14-27,31-32,46,49-52H2,1-13H3,(H,76,82,85)(H,77,83,86)/t60-,61-,62-,66-,67-,68-,69-,70-,96?/m1/s1. The summed E-state index contributed by atoms with van der Waals surface area (Å²) in [4.78, 5) is 76.5. The van der Waals surface area contributed by atoms with Gasteiger partial charge in [0, 0.05) is 69.1 Å². The van der Waals surface area contributed by atoms with Crippen LogP contribution in [0.4, 0.5) is 0 Å². The third-order valence-electron chi connectivity index (χ3n) is 19.2. The van der Waals surface area contributed by atoms with Crippen molar-refractivity contribution in [2.24, 2.45) is 5.92 Å². The first kappa shape index (κ1) is 78.2. The van der Waals surface area contributed by atoms with Crippen molar-refractivity contribution in [1.29, 1.82) is 5.26 Å². The van der Waals surface area contributed by atoms with Gasteiger partial charge in [-0.3, -0.25) is 33.5 Å². The van der Waals surface area contributed by atoms with Crippen molar-refractivity contribution in [3.63, 3.8) is 0 Å². The zero-order chi connectivity index (χ0) is 70.3. The van der Waals surface area contributed by atoms with Gasteiger partial charge in [0.25, 0.3) is 19.6 Å². The molecule has 0 radical (unpaired) electrons. The molecule has 21 nitrogen and oxygen atoms in total. The van der Waals surface area contributed by atoms with Crippen LogP contribution in [0.3, 0.4) is 0 Å². The number of nitrogens with zero attached hydrogens (tertiary/aromatic N) is 5. The lowest BCUT2D eigenvalue weighted by molar-refractivity contribution is -0.137. The molecule has 0 spiro atoms. The summed E-state index contributed by atoms with van der Waals surface area (Å²) in [5, 5.41) is 9.33. The molecule has 0 bridgehead atoms. The van der Waals surface area contributed by atoms with Gasteiger partial charge in [-0.25, -0.2) is 14.3 Å². The average molecular weight is 1380 g/mol. The minimum absolute atomic E-state index is 0.0430. The first-order chi connectivity index (χ1) is 46.5. The van der Waals surface area contributed by atoms with Gasteiger partial charge in [0.1, 0.15) is 35.4 Å². The van der Waals surface area contributed by atoms with Crippen molar-refractivity contribution < 1.29 is 46.7 Å². The highest BCUT2D eigenvalue weighted by atomic mass is 31.2. The Hall–Kier alpha value is -6.09. The largest absolute Gasteiger partial charge is 0.497 e. The molecule has 23 heteroatoms. The molecule has 534 valence electrons. The molecule has 2 aromatic heterocycles. The van der Waals surface area contributed by atoms with E-state index in [0.29, 0.717) is 24.5 Å². The highest BCUT2D eigenvalue weighted by Gasteiger charge is 2.55. The molecule has 2 aliphatic heterocycles. The first-order valence-electron chi connectivity index (χ1n) is 35.2. The van der Waals surface area contributed by atoms with Crippen molar-refractivity contribution in [2.75, 3.05) is 47.6 Å². The van der Waals surface area contributed by atoms with E-state index < -0.39 is 93.8 Å². The SMILES string of the molecule is CCCCCCCCCCCCCCCCCN(C[C@H]1O[C@@H](n2ccc(=O)[nH]c2=O)[C@H](OC)[C@@H]1OP(OCCC#N)N(C(C)C)C(C)C)C(=O)C[C@H]1[C@@H](O[Si](C)(C)C(C)(C)C)[C@H](n2ccc(=O)[nH]c2=O)O[C@@H]1COC(c1ccccc1)(c1ccc(OC)cc1)c1ccc(OC)cc1. The van der Waals surface area contributed by atoms with Gasteiger partial charge in [0.15, 0.2) is 20.8 Å². The molecule has 3 aromatic carbocycles. The highest BCUT2D eigenvalue weighted by Crippen LogP contribution is 2.52. The summed E-state index contributed by atoms with van der Waals surface area (Å²) in [5.74, 6) is 0.201. The lowest BCUT2D eigenvalue weighted by atomic mass is 9.79. The number of nitrogens with one attached hydrogen (secondary N) is 2. The predicted octanol–water partition coefficient (Wildman–Crippen LogP) is 13.7. The van der Waals surface area contributed by atoms with Crippen molar-refractivity contribution in [3.8, 4) is 17.6 Å². The van der Waals surface area contributed by atoms with E-state index in [-0.39, 0.29) is 55.6 Å². The smallest absolute Gasteiger partial charge is 0.330 e. The maximum absolute atomic E-state index is 16.4. The van der Waals surface area contributed by atoms with Gasteiger partial charge in [-0.2, -0.15) is 5.26 Å². The Morgan fingerprint density at radius 2 is 1.12 bits per heavy atom. The molecule has 2 aliphatic rings. The average Bonchev–Trinajstić information content (AvgIpc) is 1.71. The van der Waals surface area contributed by atoms with Crippen LogP contribution >= 0.6 is 8.53 Å². The Morgan fingerprint density at radius 3 is 1.58 bits per heavy atom. The molecular formula is C74H110N7O14PSi. The number of methoxy groups -OCH3 is 3. The molecule has 7 rings (SSSR count). The number of hydrogen-bond acceptors (Lipinski definition) is 16. The maximum atomic E-state index is 16.4. The predicted molar refractivity (Wildman–Crippen MR) is 381 cm³/mol. The van der Waals surface area contributed by atoms with E-state index in [4.69, 9.17) is 41.9 Å². The molecule has 9 atom stereocenters. The van der Waals surface area contributed by atoms with Crippen LogP contribution in [0.2, 0.25) is 18.1 Å². The summed E-state index contributed by atoms with van der Waals surface area (Å²) in [6, 6.07) is 29.8. The lowest BCUT2D eigenvalue weighted by Gasteiger charge is -2.41. The van der Waals surface area contributed by atoms with E-state index in [1.54, 1.807) is 19.1 Å². The second-order valence-corrected chi connectivity index (χ2v) is 34.0. The third-order valence-corrected chi connectivity index (χ3v) is 25.8. The molecule has 4 heterocycles. The number of amides is 1. The Morgan fingerprint density at radius 1 is 0.649 bits per heavy atom. The number of rotatable bonds is 41. The van der Waals surface area contributed by atoms with Crippen LogP contribution in [0.15, 0.2) is 123 Å². The number of aromatic amines is 2. The summed E-state index contributed by atoms with van der Waals surface area (Å²) in [5.41, 5.74) is -1.61. The van der Waals surface area contributed by atoms with Crippen LogP contribution in [0, 0.1) is 17.2 Å². The van der Waals surface area contributed by atoms with E-state index in [2.05, 4.69) is 61.5 Å². The van der Waals surface area contributed by atoms with E-state index >= 15 is 4.79 Å². The van der Waals surface area contributed by atoms with Gasteiger partial charge < -0.3 is 46.8 Å². The fourth-order valence-electron chi connectivity index (χ4n) is 13.0. The Balaban J connectivity index is 1.33. The number of ether oxygens (including phenoxy) is 6. The summed E-state index contributed by atoms with van der Waals surface area (Å²) in [6.45, 7) is 21.2. The lowest BCUT2D eigenvalue weighted by Crippen LogP contribution is -2.50. The minimum Gasteiger partial charge on any atom is -0.497 e. The van der Waals surface area contributed by atoms with Crippen molar-refractivity contribution in [1.82, 2.24) is 28.7 Å². The summed E-state index contributed by atoms with van der Waals surface area (Å²) < 4.78 is 65.4. The highest BCUT2D eigenvalue weighted by molar-refractivity contribution is 7.44. The van der Waals surface area contributed by atoms with E-state index in [1.807, 2.05) is 107 Å². The van der Waals surface area contributed by atoms with Gasteiger partial charge in [-0.15, -0.1) is 0 Å². The maximum Gasteiger partial charge on any atom is 0.330 e. The van der Waals surface area contributed by atoms with Crippen LogP contribution in [0.1, 0.15) is 194 Å². The van der Waals surface area contributed by atoms with Gasteiger partial charge in [-0.1, -0.05) is 172 Å². The van der Waals surface area contributed by atoms with Gasteiger partial charge in [0.05, 0.1) is 52.1 Å². The Kier molecular flexibility index (Phi) is 30.6. The molecule has 2 N–H and O–H groups in total. The Labute approximate surface area is 576 Å². The molecule has 1 unspecified atom stereocenters. The van der Waals surface area contributed by atoms with Gasteiger partial charge >= 0.3 is 11.4 Å². The number of nitriles is 1. The van der Waals surface area contributed by atoms with Crippen molar-refractivity contribution >= 4 is 22.8 Å². The van der Waals surface area contributed by atoms with Gasteiger partial charge in [-0.05, 0) is 93.2 Å². The fourth-order valence-corrected chi connectivity index (χ4v) is 16.1. The zero-order valence-corrected chi connectivity index (χ0v) is 61.7. The molecule has 0 saturated carbocycles. The molecule has 5 aromatic rings. The van der Waals surface area contributed by atoms with Crippen LogP contribution < -0.4 is 32.0 Å². The number of benzene rings is 3. The molecule has 2 fully saturated rings. The summed E-state index contributed by atoms with van der Waals surface area (Å²) >= 11 is 0. The Bertz CT molecular complexity index is 3410. The van der Waals surface area contributed by atoms with Gasteiger partial charge in [0.2, 0.25) is 5.91 Å². The quantitative estimate of drug-likeness (QED) is 0.0160. The number of H-pyrrole nitrogens is 2. The number of hydrogen-bond donors (Lipinski definition) is 2. The number of unbranched alkanes of at least 4 members (excludes halogenated alkanes) is 14. The van der Waals surface area contributed by atoms with Crippen LogP contribution in [0.5, 0.6) is 11.5 Å². The first-order valence-corrected chi connectivity index (χ1v) is 39.2. The van der Waals surface area contributed by atoms with Crippen molar-refractivity contribution in [2.45, 2.75) is 243 Å². The van der Waals surface area contributed by atoms with Crippen molar-refractivity contribution in [3.05, 3.63) is 162 Å². The normalized spacial score (nSPS) is 20.2. The number of aromatic nitrogens is 4. The molecule has 97 heavy (non-hydrogen) atoms. The van der Waals surface area contributed by atoms with Crippen LogP contribution in [-0.4, -0.2) is 133 Å². The van der Waals surface area contributed by atoms with Crippen LogP contribution in [-0.2, 0) is 42.8 Å². The van der Waals surface area contributed by atoms with E-state index in [0.717, 1.165) is 42.4 Å². The fraction of sp³-hybridized carbons (Fsp3) is 0.622. The minimum atomic E-state index is -2.85. The molecule has 2 saturated heterocycles. The van der Waals surface area contributed by atoms with Crippen LogP contribution in [0.25, 0.3) is 0 Å². The second kappa shape index (κ2) is 37.9. The number of carbonyl (C=O) groups excluding carboxylic acids is 1. The molecule has 0 aliphatic carbocycles. The topological polar surface area (TPSA) is 240 Å². The summed E-state index contributed by atoms with van der Waals surface area (Å²) in [6.07, 6.45) is 13.0. The third kappa shape index (κ3) is 21.0. The van der Waals surface area contributed by atoms with E-state index in [9.17, 15) is 24.4 Å². The molecular weight excluding hydrogens is 1270 g/mol. The zero-order valence-electron chi connectivity index (χ0n) is 59.8. The number of carbonyl (C=O) groups is 1. The monoisotopic (exact) mass is 1380 g/mol.